The fourth-order valence-corrected chi connectivity index (χ4v) is 6.57. The third kappa shape index (κ3) is 5.34. The van der Waals surface area contributed by atoms with Crippen LogP contribution in [0.2, 0.25) is 0 Å². The second-order valence-electron chi connectivity index (χ2n) is 12.3. The van der Waals surface area contributed by atoms with Crippen molar-refractivity contribution in [3.8, 4) is 33.4 Å². The second kappa shape index (κ2) is 13.2. The number of hydrogen-bond donors (Lipinski definition) is 0. The van der Waals surface area contributed by atoms with E-state index < -0.39 is 246 Å². The lowest BCUT2D eigenvalue weighted by atomic mass is 9.93. The van der Waals surface area contributed by atoms with Gasteiger partial charge in [0, 0.05) is 16.8 Å². The van der Waals surface area contributed by atoms with Crippen molar-refractivity contribution >= 4 is 71.3 Å². The van der Waals surface area contributed by atoms with Gasteiger partial charge >= 0.3 is 0 Å². The van der Waals surface area contributed by atoms with Crippen molar-refractivity contribution in [2.75, 3.05) is 4.90 Å². The Morgan fingerprint density at radius 2 is 0.893 bits per heavy atom. The number of benzene rings is 10. The molecule has 0 aliphatic heterocycles. The van der Waals surface area contributed by atoms with Crippen LogP contribution in [0.4, 0.5) is 17.1 Å². The molecule has 1 aromatic heterocycles. The van der Waals surface area contributed by atoms with Crippen molar-refractivity contribution in [2.24, 2.45) is 0 Å². The first kappa shape index (κ1) is 14.7. The molecule has 1 heterocycles. The SMILES string of the molecule is [2H]c1c([2H])c(-c2c([2H])c([2H])c([2H])c3c2c([2H])c([2H])c2c([2H])c([2H])c([2H])c([2H])c23)c([2H])c([2H])c1-c1c([2H])c([2H])c(N(c2c([2H])c([2H])c(-c3c([2H])c([2H])c([2H])c4c([2H])c([2H])c([2H])c([2H])c34)c([2H])c2[2H])c2cccc3oc4ccccc4c23)c([2H])c1[2H]. The zero-order valence-corrected chi connectivity index (χ0v) is 28.4. The molecule has 0 spiro atoms. The van der Waals surface area contributed by atoms with Crippen molar-refractivity contribution in [1.82, 2.24) is 0 Å². The van der Waals surface area contributed by atoms with Gasteiger partial charge in [-0.05, 0) is 108 Å². The molecule has 0 fully saturated rings. The lowest BCUT2D eigenvalue weighted by Crippen LogP contribution is -2.10. The van der Waals surface area contributed by atoms with Crippen LogP contribution in [-0.2, 0) is 0 Å². The Labute approximate surface area is 364 Å². The quantitative estimate of drug-likeness (QED) is 0.158. The summed E-state index contributed by atoms with van der Waals surface area (Å²) in [7, 11) is 0. The molecular weight excluding hydrogens is 679 g/mol. The Morgan fingerprint density at radius 1 is 0.357 bits per heavy atom. The minimum atomic E-state index is -1.06. The van der Waals surface area contributed by atoms with Crippen LogP contribution >= 0.6 is 0 Å². The molecule has 0 radical (unpaired) electrons. The van der Waals surface area contributed by atoms with Gasteiger partial charge in [0.05, 0.1) is 49.5 Å². The van der Waals surface area contributed by atoms with Gasteiger partial charge in [-0.3, -0.25) is 0 Å². The van der Waals surface area contributed by atoms with Gasteiger partial charge in [0.15, 0.2) is 0 Å². The van der Waals surface area contributed by atoms with E-state index in [1.807, 2.05) is 0 Å². The summed E-state index contributed by atoms with van der Waals surface area (Å²) < 4.78 is 260. The summed E-state index contributed by atoms with van der Waals surface area (Å²) in [5, 5.41) is -2.65. The molecule has 262 valence electrons. The van der Waals surface area contributed by atoms with Crippen molar-refractivity contribution in [2.45, 2.75) is 0 Å². The summed E-state index contributed by atoms with van der Waals surface area (Å²) in [6, 6.07) is -14.6. The summed E-state index contributed by atoms with van der Waals surface area (Å²) in [5.41, 5.74) is -5.81. The van der Waals surface area contributed by atoms with Crippen molar-refractivity contribution in [3.63, 3.8) is 0 Å². The van der Waals surface area contributed by atoms with E-state index in [0.717, 1.165) is 4.90 Å². The van der Waals surface area contributed by atoms with Gasteiger partial charge in [-0.2, -0.15) is 0 Å². The molecule has 0 unspecified atom stereocenters. The van der Waals surface area contributed by atoms with Gasteiger partial charge in [0.2, 0.25) is 0 Å². The monoisotopic (exact) mass is 741 g/mol. The number of furan rings is 1. The third-order valence-electron chi connectivity index (χ3n) is 9.10. The van der Waals surface area contributed by atoms with E-state index in [1.165, 1.54) is 18.2 Å². The van der Waals surface area contributed by atoms with Gasteiger partial charge < -0.3 is 9.32 Å². The van der Waals surface area contributed by atoms with Gasteiger partial charge in [-0.25, -0.2) is 0 Å². The van der Waals surface area contributed by atoms with E-state index in [-0.39, 0.29) is 16.7 Å². The molecule has 11 aromatic rings. The summed E-state index contributed by atoms with van der Waals surface area (Å²) in [4.78, 5) is 0.893. The molecule has 0 N–H and O–H groups in total. The van der Waals surface area contributed by atoms with E-state index in [9.17, 15) is 16.4 Å². The number of fused-ring (bicyclic) bond motifs is 7. The first-order chi connectivity index (χ1) is 39.4. The van der Waals surface area contributed by atoms with Gasteiger partial charge in [0.1, 0.15) is 11.2 Å². The van der Waals surface area contributed by atoms with E-state index in [1.54, 1.807) is 24.3 Å². The summed E-state index contributed by atoms with van der Waals surface area (Å²) in [6.07, 6.45) is 0. The first-order valence-electron chi connectivity index (χ1n) is 30.9. The van der Waals surface area contributed by atoms with Crippen LogP contribution in [0.1, 0.15) is 38.4 Å². The Kier molecular flexibility index (Phi) is 3.45. The van der Waals surface area contributed by atoms with E-state index in [4.69, 9.17) is 26.3 Å². The normalized spacial score (nSPS) is 18.6. The molecule has 2 heteroatoms. The summed E-state index contributed by atoms with van der Waals surface area (Å²) >= 11 is 0. The Balaban J connectivity index is 1.21. The number of rotatable bonds is 6. The van der Waals surface area contributed by atoms with Gasteiger partial charge in [-0.1, -0.05) is 169 Å². The highest BCUT2D eigenvalue weighted by atomic mass is 16.3. The highest BCUT2D eigenvalue weighted by molar-refractivity contribution is 6.14. The van der Waals surface area contributed by atoms with E-state index >= 15 is 0 Å². The maximum atomic E-state index is 9.73. The zero-order chi connectivity index (χ0) is 61.4. The molecule has 0 aliphatic rings. The lowest BCUT2D eigenvalue weighted by molar-refractivity contribution is 0.669. The number of anilines is 3. The fourth-order valence-electron chi connectivity index (χ4n) is 6.57. The molecule has 56 heavy (non-hydrogen) atoms. The molecule has 0 amide bonds. The zero-order valence-electron chi connectivity index (χ0n) is 56.4. The molecule has 0 atom stereocenters. The molecule has 11 rings (SSSR count). The minimum absolute atomic E-state index is 0.125. The molecule has 10 aromatic carbocycles. The molecule has 0 aliphatic carbocycles. The van der Waals surface area contributed by atoms with Crippen LogP contribution in [-0.4, -0.2) is 0 Å². The van der Waals surface area contributed by atoms with E-state index in [2.05, 4.69) is 0 Å². The summed E-state index contributed by atoms with van der Waals surface area (Å²) in [6.45, 7) is 0. The second-order valence-corrected chi connectivity index (χ2v) is 12.3. The van der Waals surface area contributed by atoms with Crippen LogP contribution < -0.4 is 4.90 Å². The van der Waals surface area contributed by atoms with Crippen LogP contribution in [0.3, 0.4) is 0 Å². The smallest absolute Gasteiger partial charge is 0.137 e. The van der Waals surface area contributed by atoms with Crippen molar-refractivity contribution in [3.05, 3.63) is 212 Å². The number of hydrogen-bond acceptors (Lipinski definition) is 2. The molecule has 0 bridgehead atoms. The van der Waals surface area contributed by atoms with Crippen LogP contribution in [0.25, 0.3) is 87.6 Å². The maximum absolute atomic E-state index is 9.73. The average Bonchev–Trinajstić information content (AvgIpc) is 0.833. The average molecular weight is 742 g/mol. The minimum Gasteiger partial charge on any atom is -0.456 e. The number of para-hydroxylation sites is 1. The van der Waals surface area contributed by atoms with Crippen LogP contribution in [0.15, 0.2) is 216 Å². The van der Waals surface area contributed by atoms with Crippen molar-refractivity contribution in [1.29, 1.82) is 0 Å². The molecule has 0 saturated carbocycles. The standard InChI is InChI=1S/C54H35NO/c1-3-13-44-38(10-1)12-7-16-45(44)41-28-33-43(34-29-41)55(51-19-9-21-53-54(51)50-15-5-6-20-52(50)56-53)42-31-26-37(27-32-42)36-22-24-40(25-23-36)47-17-8-18-48-46-14-4-2-11-39(46)30-35-49(47)48/h1-35H/i1D,2D,3D,4D,7D,8D,10D,11D,12D,13D,14D,16D,17D,18D,22D,23D,24D,25D,26D,27D,28D,29D,30D,31D,32D,33D,34D,35D. The molecular formula is C54H35NO. The maximum Gasteiger partial charge on any atom is 0.137 e. The Bertz CT molecular complexity index is 4800. The Morgan fingerprint density at radius 3 is 1.64 bits per heavy atom. The van der Waals surface area contributed by atoms with Crippen LogP contribution in [0.5, 0.6) is 0 Å². The van der Waals surface area contributed by atoms with Gasteiger partial charge in [-0.15, -0.1) is 0 Å². The van der Waals surface area contributed by atoms with Crippen molar-refractivity contribution < 1.29 is 42.8 Å². The molecule has 2 nitrogen and oxygen atoms in total. The van der Waals surface area contributed by atoms with Gasteiger partial charge in [0.25, 0.3) is 0 Å². The first-order valence-corrected chi connectivity index (χ1v) is 16.9. The highest BCUT2D eigenvalue weighted by Gasteiger charge is 2.20. The van der Waals surface area contributed by atoms with E-state index in [0.29, 0.717) is 11.0 Å². The van der Waals surface area contributed by atoms with Crippen LogP contribution in [0, 0.1) is 0 Å². The Hall–Kier alpha value is -7.42. The summed E-state index contributed by atoms with van der Waals surface area (Å²) in [5.74, 6) is 0. The predicted octanol–water partition coefficient (Wildman–Crippen LogP) is 15.5. The topological polar surface area (TPSA) is 16.4 Å². The fraction of sp³-hybridized carbons (Fsp3) is 0. The molecule has 0 saturated heterocycles. The lowest BCUT2D eigenvalue weighted by Gasteiger charge is -2.26. The highest BCUT2D eigenvalue weighted by Crippen LogP contribution is 2.44. The predicted molar refractivity (Wildman–Crippen MR) is 237 cm³/mol. The third-order valence-corrected chi connectivity index (χ3v) is 9.10. The largest absolute Gasteiger partial charge is 0.456 e. The number of nitrogens with zero attached hydrogens (tertiary/aromatic N) is 1.